The summed E-state index contributed by atoms with van der Waals surface area (Å²) in [4.78, 5) is 12.3. The predicted octanol–water partition coefficient (Wildman–Crippen LogP) is 5.76. The highest BCUT2D eigenvalue weighted by molar-refractivity contribution is 9.10. The van der Waals surface area contributed by atoms with Crippen molar-refractivity contribution < 1.29 is 26.4 Å². The summed E-state index contributed by atoms with van der Waals surface area (Å²) in [6.07, 6.45) is -2.88. The molecule has 0 bridgehead atoms. The molecule has 0 saturated carbocycles. The van der Waals surface area contributed by atoms with E-state index in [9.17, 15) is 26.4 Å². The Morgan fingerprint density at radius 3 is 2.31 bits per heavy atom. The molecule has 0 spiro atoms. The lowest BCUT2D eigenvalue weighted by atomic mass is 10.0. The standard InChI is InChI=1S/C22H14BrF3N2O3S/c23-19-4-2-1-3-13(19)11-18-17-12-16(9-10-20(17)27-21(18)29)32(30,31)28-15-7-5-14(6-8-15)22(24,25)26/h1-12,28H,(H,27,29). The van der Waals surface area contributed by atoms with Gasteiger partial charge in [-0.1, -0.05) is 34.1 Å². The first-order valence-electron chi connectivity index (χ1n) is 9.17. The number of halogens is 4. The minimum atomic E-state index is -4.52. The minimum absolute atomic E-state index is 0.0170. The molecular formula is C22H14BrF3N2O3S. The first-order chi connectivity index (χ1) is 15.0. The van der Waals surface area contributed by atoms with E-state index in [0.29, 0.717) is 16.8 Å². The van der Waals surface area contributed by atoms with Crippen molar-refractivity contribution >= 4 is 54.9 Å². The Morgan fingerprint density at radius 1 is 0.969 bits per heavy atom. The van der Waals surface area contributed by atoms with Gasteiger partial charge in [-0.2, -0.15) is 13.2 Å². The van der Waals surface area contributed by atoms with E-state index in [1.807, 2.05) is 12.1 Å². The number of fused-ring (bicyclic) bond motifs is 1. The molecule has 1 amide bonds. The molecule has 0 aromatic heterocycles. The van der Waals surface area contributed by atoms with Crippen molar-refractivity contribution in [1.82, 2.24) is 0 Å². The Labute approximate surface area is 190 Å². The summed E-state index contributed by atoms with van der Waals surface area (Å²) in [5.74, 6) is -0.374. The van der Waals surface area contributed by atoms with Gasteiger partial charge in [0.15, 0.2) is 0 Å². The number of carbonyl (C=O) groups excluding carboxylic acids is 1. The average molecular weight is 523 g/mol. The maximum absolute atomic E-state index is 12.8. The second kappa shape index (κ2) is 8.10. The normalized spacial score (nSPS) is 14.9. The number of sulfonamides is 1. The Morgan fingerprint density at radius 2 is 1.66 bits per heavy atom. The molecule has 0 fully saturated rings. The molecule has 3 aromatic carbocycles. The van der Waals surface area contributed by atoms with Crippen LogP contribution in [-0.2, 0) is 21.0 Å². The van der Waals surface area contributed by atoms with Crippen LogP contribution < -0.4 is 10.0 Å². The summed E-state index contributed by atoms with van der Waals surface area (Å²) in [6.45, 7) is 0. The predicted molar refractivity (Wildman–Crippen MR) is 119 cm³/mol. The monoisotopic (exact) mass is 522 g/mol. The van der Waals surface area contributed by atoms with E-state index in [4.69, 9.17) is 0 Å². The molecule has 1 heterocycles. The summed E-state index contributed by atoms with van der Waals surface area (Å²) >= 11 is 3.41. The van der Waals surface area contributed by atoms with Crippen LogP contribution in [0.4, 0.5) is 24.5 Å². The van der Waals surface area contributed by atoms with Gasteiger partial charge in [-0.05, 0) is 60.2 Å². The van der Waals surface area contributed by atoms with Crippen molar-refractivity contribution in [2.75, 3.05) is 10.0 Å². The number of anilines is 2. The quantitative estimate of drug-likeness (QED) is 0.427. The van der Waals surface area contributed by atoms with Gasteiger partial charge in [0.25, 0.3) is 15.9 Å². The van der Waals surface area contributed by atoms with Crippen LogP contribution in [0.1, 0.15) is 16.7 Å². The number of nitrogens with one attached hydrogen (secondary N) is 2. The van der Waals surface area contributed by atoms with Crippen molar-refractivity contribution in [3.63, 3.8) is 0 Å². The summed E-state index contributed by atoms with van der Waals surface area (Å²) in [7, 11) is -4.11. The molecule has 2 N–H and O–H groups in total. The summed E-state index contributed by atoms with van der Waals surface area (Å²) in [5.41, 5.74) is 0.990. The third-order valence-electron chi connectivity index (χ3n) is 4.75. The van der Waals surface area contributed by atoms with Gasteiger partial charge in [0.2, 0.25) is 0 Å². The van der Waals surface area contributed by atoms with Crippen LogP contribution in [0.25, 0.3) is 11.6 Å². The highest BCUT2D eigenvalue weighted by Crippen LogP contribution is 2.36. The van der Waals surface area contributed by atoms with Gasteiger partial charge < -0.3 is 5.32 Å². The SMILES string of the molecule is O=C1Nc2ccc(S(=O)(=O)Nc3ccc(C(F)(F)F)cc3)cc2C1=Cc1ccccc1Br. The number of benzene rings is 3. The molecule has 10 heteroatoms. The van der Waals surface area contributed by atoms with Crippen molar-refractivity contribution in [2.24, 2.45) is 0 Å². The number of carbonyl (C=O) groups is 1. The molecule has 0 unspecified atom stereocenters. The van der Waals surface area contributed by atoms with Crippen molar-refractivity contribution in [2.45, 2.75) is 11.1 Å². The van der Waals surface area contributed by atoms with Gasteiger partial charge >= 0.3 is 6.18 Å². The largest absolute Gasteiger partial charge is 0.416 e. The van der Waals surface area contributed by atoms with Crippen LogP contribution in [0.3, 0.4) is 0 Å². The zero-order valence-electron chi connectivity index (χ0n) is 16.1. The molecule has 1 aliphatic heterocycles. The van der Waals surface area contributed by atoms with Gasteiger partial charge in [0.05, 0.1) is 10.5 Å². The first-order valence-corrected chi connectivity index (χ1v) is 11.4. The maximum Gasteiger partial charge on any atom is 0.416 e. The van der Waals surface area contributed by atoms with Crippen LogP contribution in [-0.4, -0.2) is 14.3 Å². The molecule has 0 atom stereocenters. The second-order valence-electron chi connectivity index (χ2n) is 6.92. The number of hydrogen-bond donors (Lipinski definition) is 2. The zero-order valence-corrected chi connectivity index (χ0v) is 18.5. The van der Waals surface area contributed by atoms with Crippen molar-refractivity contribution in [1.29, 1.82) is 0 Å². The van der Waals surface area contributed by atoms with E-state index < -0.39 is 21.8 Å². The van der Waals surface area contributed by atoms with Gasteiger partial charge in [-0.25, -0.2) is 8.42 Å². The van der Waals surface area contributed by atoms with Crippen molar-refractivity contribution in [3.8, 4) is 0 Å². The summed E-state index contributed by atoms with van der Waals surface area (Å²) in [5, 5.41) is 2.69. The smallest absolute Gasteiger partial charge is 0.321 e. The molecule has 0 aliphatic carbocycles. The molecule has 4 rings (SSSR count). The lowest BCUT2D eigenvalue weighted by molar-refractivity contribution is -0.137. The van der Waals surface area contributed by atoms with E-state index in [1.54, 1.807) is 18.2 Å². The first kappa shape index (κ1) is 22.1. The molecule has 5 nitrogen and oxygen atoms in total. The van der Waals surface area contributed by atoms with E-state index in [0.717, 1.165) is 34.3 Å². The Kier molecular flexibility index (Phi) is 5.59. The molecule has 0 saturated heterocycles. The highest BCUT2D eigenvalue weighted by atomic mass is 79.9. The topological polar surface area (TPSA) is 75.3 Å². The van der Waals surface area contributed by atoms with Gasteiger partial charge in [0, 0.05) is 27.0 Å². The Bertz CT molecular complexity index is 1350. The van der Waals surface area contributed by atoms with E-state index in [-0.39, 0.29) is 16.5 Å². The van der Waals surface area contributed by atoms with Crippen LogP contribution in [0, 0.1) is 0 Å². The third kappa shape index (κ3) is 4.42. The number of rotatable bonds is 4. The fourth-order valence-electron chi connectivity index (χ4n) is 3.17. The zero-order chi connectivity index (χ0) is 23.1. The van der Waals surface area contributed by atoms with Gasteiger partial charge in [-0.3, -0.25) is 9.52 Å². The molecule has 164 valence electrons. The van der Waals surface area contributed by atoms with E-state index in [2.05, 4.69) is 26.0 Å². The molecule has 0 radical (unpaired) electrons. The number of alkyl halides is 3. The summed E-state index contributed by atoms with van der Waals surface area (Å²) in [6, 6.07) is 15.0. The van der Waals surface area contributed by atoms with Crippen LogP contribution in [0.2, 0.25) is 0 Å². The fraction of sp³-hybridized carbons (Fsp3) is 0.0455. The van der Waals surface area contributed by atoms with E-state index >= 15 is 0 Å². The number of hydrogen-bond acceptors (Lipinski definition) is 3. The fourth-order valence-corrected chi connectivity index (χ4v) is 4.65. The molecule has 32 heavy (non-hydrogen) atoms. The molecule has 3 aromatic rings. The average Bonchev–Trinajstić information content (AvgIpc) is 3.03. The maximum atomic E-state index is 12.8. The second-order valence-corrected chi connectivity index (χ2v) is 9.46. The lowest BCUT2D eigenvalue weighted by Crippen LogP contribution is -2.13. The third-order valence-corrected chi connectivity index (χ3v) is 6.85. The molecule has 1 aliphatic rings. The van der Waals surface area contributed by atoms with Gasteiger partial charge in [0.1, 0.15) is 0 Å². The van der Waals surface area contributed by atoms with Crippen LogP contribution in [0.15, 0.2) is 76.1 Å². The van der Waals surface area contributed by atoms with E-state index in [1.165, 1.54) is 18.2 Å². The number of amides is 1. The summed E-state index contributed by atoms with van der Waals surface area (Å²) < 4.78 is 66.8. The molecular weight excluding hydrogens is 509 g/mol. The van der Waals surface area contributed by atoms with Crippen LogP contribution >= 0.6 is 15.9 Å². The lowest BCUT2D eigenvalue weighted by Gasteiger charge is -2.11. The van der Waals surface area contributed by atoms with Crippen LogP contribution in [0.5, 0.6) is 0 Å². The minimum Gasteiger partial charge on any atom is -0.321 e. The van der Waals surface area contributed by atoms with Gasteiger partial charge in [-0.15, -0.1) is 0 Å². The highest BCUT2D eigenvalue weighted by Gasteiger charge is 2.30. The Hall–Kier alpha value is -3.11. The Balaban J connectivity index is 1.67. The van der Waals surface area contributed by atoms with Crippen molar-refractivity contribution in [3.05, 3.63) is 87.9 Å².